The van der Waals surface area contributed by atoms with Gasteiger partial charge in [-0.25, -0.2) is 0 Å². The number of ether oxygens (including phenoxy) is 2. The Morgan fingerprint density at radius 1 is 0.605 bits per heavy atom. The Bertz CT molecular complexity index is 2000. The second-order valence-electron chi connectivity index (χ2n) is 7.90. The SMILES string of the molecule is N#C/N=c1\c2cc(OC(F)(F)F)ccc2c2c1sc1c2sc2/c(=N/C#N)c3cc(OC(F)(F)F)ccc3c21. The van der Waals surface area contributed by atoms with Crippen molar-refractivity contribution in [2.24, 2.45) is 9.98 Å². The number of nitrogens with zero attached hydrogens (tertiary/aromatic N) is 4. The van der Waals surface area contributed by atoms with Crippen LogP contribution in [0.2, 0.25) is 0 Å². The van der Waals surface area contributed by atoms with Crippen molar-refractivity contribution >= 4 is 73.8 Å². The molecule has 0 N–H and O–H groups in total. The van der Waals surface area contributed by atoms with E-state index in [9.17, 15) is 36.9 Å². The second kappa shape index (κ2) is 8.05. The van der Waals surface area contributed by atoms with E-state index in [1.54, 1.807) is 12.4 Å². The van der Waals surface area contributed by atoms with Gasteiger partial charge in [-0.15, -0.1) is 49.0 Å². The van der Waals surface area contributed by atoms with Crippen LogP contribution in [-0.2, 0) is 0 Å². The van der Waals surface area contributed by atoms with Crippen LogP contribution in [0.4, 0.5) is 26.3 Å². The van der Waals surface area contributed by atoms with E-state index >= 15 is 0 Å². The predicted octanol–water partition coefficient (Wildman–Crippen LogP) is 7.01. The zero-order valence-electron chi connectivity index (χ0n) is 18.2. The molecule has 0 unspecified atom stereocenters. The summed E-state index contributed by atoms with van der Waals surface area (Å²) in [6.45, 7) is 0. The van der Waals surface area contributed by atoms with Crippen LogP contribution >= 0.6 is 22.7 Å². The molecule has 0 spiro atoms. The van der Waals surface area contributed by atoms with Crippen molar-refractivity contribution in [2.45, 2.75) is 12.7 Å². The summed E-state index contributed by atoms with van der Waals surface area (Å²) in [5.74, 6) is -0.924. The van der Waals surface area contributed by atoms with E-state index in [0.717, 1.165) is 21.5 Å². The van der Waals surface area contributed by atoms with Gasteiger partial charge in [0.15, 0.2) is 0 Å². The Labute approximate surface area is 213 Å². The molecule has 6 nitrogen and oxygen atoms in total. The summed E-state index contributed by atoms with van der Waals surface area (Å²) in [4.78, 5) is 7.71. The molecule has 188 valence electrons. The molecule has 2 aromatic heterocycles. The number of fused-ring (bicyclic) bond motifs is 9. The first kappa shape index (κ1) is 24.0. The molecule has 2 heterocycles. The fraction of sp³-hybridized carbons (Fsp3) is 0.0833. The topological polar surface area (TPSA) is 90.8 Å². The van der Waals surface area contributed by atoms with Gasteiger partial charge in [-0.1, -0.05) is 0 Å². The van der Waals surface area contributed by atoms with E-state index in [1.807, 2.05) is 0 Å². The Morgan fingerprint density at radius 3 is 1.34 bits per heavy atom. The molecule has 0 radical (unpaired) electrons. The first-order valence-electron chi connectivity index (χ1n) is 10.3. The summed E-state index contributed by atoms with van der Waals surface area (Å²) >= 11 is 2.47. The highest BCUT2D eigenvalue weighted by molar-refractivity contribution is 7.37. The molecule has 0 bridgehead atoms. The van der Waals surface area contributed by atoms with Crippen molar-refractivity contribution < 1.29 is 35.8 Å². The Morgan fingerprint density at radius 2 is 1.00 bits per heavy atom. The van der Waals surface area contributed by atoms with Crippen LogP contribution in [0.25, 0.3) is 51.1 Å². The second-order valence-corrected chi connectivity index (χ2v) is 9.94. The van der Waals surface area contributed by atoms with E-state index in [2.05, 4.69) is 19.5 Å². The number of rotatable bonds is 2. The molecular formula is C24H6F6N4O2S2. The van der Waals surface area contributed by atoms with Gasteiger partial charge in [-0.2, -0.15) is 20.5 Å². The van der Waals surface area contributed by atoms with Crippen LogP contribution in [0.1, 0.15) is 0 Å². The lowest BCUT2D eigenvalue weighted by Gasteiger charge is -2.08. The quantitative estimate of drug-likeness (QED) is 0.168. The maximum Gasteiger partial charge on any atom is 0.573 e. The first-order valence-corrected chi connectivity index (χ1v) is 12.0. The largest absolute Gasteiger partial charge is 0.573 e. The van der Waals surface area contributed by atoms with Crippen LogP contribution in [0, 0.1) is 22.9 Å². The molecule has 0 saturated carbocycles. The molecule has 14 heteroatoms. The van der Waals surface area contributed by atoms with Crippen molar-refractivity contribution in [3.05, 3.63) is 47.1 Å². The molecule has 0 amide bonds. The molecule has 4 aromatic carbocycles. The van der Waals surface area contributed by atoms with E-state index in [-0.39, 0.29) is 10.7 Å². The molecule has 38 heavy (non-hydrogen) atoms. The molecule has 0 atom stereocenters. The molecule has 6 aromatic rings. The average molecular weight is 560 g/mol. The van der Waals surface area contributed by atoms with Crippen molar-refractivity contribution in [3.63, 3.8) is 0 Å². The summed E-state index contributed by atoms with van der Waals surface area (Å²) in [7, 11) is 0. The standard InChI is InChI=1S/C24H6F6N4O2S2/c25-23(26,27)35-9-1-3-11-13(5-9)17(33-7-31)19-15(11)21-22(37-19)16-12-4-2-10(36-24(28,29)30)6-14(12)18(34-8-32)20(16)38-21/h1-6H/b33-17+,34-18+. The molecular weight excluding hydrogens is 554 g/mol. The zero-order chi connectivity index (χ0) is 27.0. The highest BCUT2D eigenvalue weighted by Gasteiger charge is 2.32. The summed E-state index contributed by atoms with van der Waals surface area (Å²) in [5.41, 5.74) is 0. The molecule has 0 aliphatic rings. The fourth-order valence-corrected chi connectivity index (χ4v) is 7.53. The van der Waals surface area contributed by atoms with Crippen molar-refractivity contribution in [1.82, 2.24) is 0 Å². The number of hydrogen-bond donors (Lipinski definition) is 0. The van der Waals surface area contributed by atoms with E-state index in [0.29, 0.717) is 41.7 Å². The van der Waals surface area contributed by atoms with Crippen molar-refractivity contribution in [3.8, 4) is 23.9 Å². The fourth-order valence-electron chi connectivity index (χ4n) is 4.59. The minimum Gasteiger partial charge on any atom is -0.406 e. The van der Waals surface area contributed by atoms with Gasteiger partial charge in [0.25, 0.3) is 0 Å². The van der Waals surface area contributed by atoms with E-state index in [4.69, 9.17) is 0 Å². The third-order valence-electron chi connectivity index (χ3n) is 5.77. The van der Waals surface area contributed by atoms with Crippen LogP contribution in [0.3, 0.4) is 0 Å². The van der Waals surface area contributed by atoms with Crippen LogP contribution in [0.5, 0.6) is 11.5 Å². The Balaban J connectivity index is 1.70. The lowest BCUT2D eigenvalue weighted by Crippen LogP contribution is -2.17. The Hall–Kier alpha value is -4.40. The van der Waals surface area contributed by atoms with Crippen LogP contribution < -0.4 is 20.2 Å². The third-order valence-corrected chi connectivity index (χ3v) is 8.33. The van der Waals surface area contributed by atoms with Gasteiger partial charge in [-0.05, 0) is 47.2 Å². The Kier molecular flexibility index (Phi) is 5.08. The molecule has 0 aliphatic heterocycles. The van der Waals surface area contributed by atoms with Crippen LogP contribution in [-0.4, -0.2) is 12.7 Å². The maximum absolute atomic E-state index is 12.8. The summed E-state index contributed by atoms with van der Waals surface area (Å²) in [6, 6.07) is 7.56. The summed E-state index contributed by atoms with van der Waals surface area (Å²) < 4.78 is 87.2. The maximum atomic E-state index is 12.8. The highest BCUT2D eigenvalue weighted by atomic mass is 32.1. The van der Waals surface area contributed by atoms with Gasteiger partial charge < -0.3 is 9.47 Å². The summed E-state index contributed by atoms with van der Waals surface area (Å²) in [5, 5.41) is 21.9. The predicted molar refractivity (Wildman–Crippen MR) is 128 cm³/mol. The van der Waals surface area contributed by atoms with E-state index in [1.165, 1.54) is 46.9 Å². The zero-order valence-corrected chi connectivity index (χ0v) is 19.8. The lowest BCUT2D eigenvalue weighted by atomic mass is 10.1. The number of halogens is 6. The van der Waals surface area contributed by atoms with Gasteiger partial charge in [-0.3, -0.25) is 0 Å². The minimum absolute atomic E-state index is 0.185. The van der Waals surface area contributed by atoms with Crippen LogP contribution in [0.15, 0.2) is 46.4 Å². The number of alkyl halides is 6. The van der Waals surface area contributed by atoms with Crippen molar-refractivity contribution in [2.75, 3.05) is 0 Å². The first-order chi connectivity index (χ1) is 18.0. The normalized spacial score (nSPS) is 13.8. The summed E-state index contributed by atoms with van der Waals surface area (Å²) in [6.07, 6.45) is -6.43. The minimum atomic E-state index is -4.90. The van der Waals surface area contributed by atoms with Gasteiger partial charge >= 0.3 is 12.7 Å². The van der Waals surface area contributed by atoms with Gasteiger partial charge in [0.05, 0.1) is 18.8 Å². The molecule has 0 fully saturated rings. The van der Waals surface area contributed by atoms with Gasteiger partial charge in [0.2, 0.25) is 12.4 Å². The van der Waals surface area contributed by atoms with E-state index < -0.39 is 24.2 Å². The lowest BCUT2D eigenvalue weighted by molar-refractivity contribution is -0.275. The highest BCUT2D eigenvalue weighted by Crippen LogP contribution is 2.48. The molecule has 6 rings (SSSR count). The average Bonchev–Trinajstić information content (AvgIpc) is 3.50. The number of thiophene rings is 2. The number of nitriles is 2. The third kappa shape index (κ3) is 3.69. The van der Waals surface area contributed by atoms with Gasteiger partial charge in [0.1, 0.15) is 22.2 Å². The van der Waals surface area contributed by atoms with Crippen molar-refractivity contribution in [1.29, 1.82) is 10.5 Å². The number of hydrogen-bond acceptors (Lipinski definition) is 8. The molecule has 0 aliphatic carbocycles. The van der Waals surface area contributed by atoms with Gasteiger partial charge in [0, 0.05) is 21.5 Å². The smallest absolute Gasteiger partial charge is 0.406 e. The molecule has 0 saturated heterocycles. The monoisotopic (exact) mass is 560 g/mol. The number of benzene rings is 2.